The topological polar surface area (TPSA) is 54.0 Å². The molecular weight excluding hydrogens is 246 g/mol. The van der Waals surface area contributed by atoms with E-state index in [-0.39, 0.29) is 11.9 Å². The van der Waals surface area contributed by atoms with Crippen LogP contribution in [0.2, 0.25) is 0 Å². The van der Waals surface area contributed by atoms with Crippen molar-refractivity contribution in [3.63, 3.8) is 0 Å². The molecule has 0 bridgehead atoms. The number of nitrogens with one attached hydrogen (secondary N) is 2. The maximum Gasteiger partial charge on any atom is 0.271 e. The SMILES string of the molecule is CC(C)c1nc(C(=O)NC2CCCNC2C)cs1. The second-order valence-corrected chi connectivity index (χ2v) is 6.08. The van der Waals surface area contributed by atoms with E-state index in [1.54, 1.807) is 11.3 Å². The van der Waals surface area contributed by atoms with Crippen molar-refractivity contribution in [2.24, 2.45) is 0 Å². The molecule has 2 atom stereocenters. The molecule has 0 saturated carbocycles. The fourth-order valence-corrected chi connectivity index (χ4v) is 2.96. The number of rotatable bonds is 3. The van der Waals surface area contributed by atoms with Crippen molar-refractivity contribution in [3.8, 4) is 0 Å². The molecule has 1 aromatic rings. The summed E-state index contributed by atoms with van der Waals surface area (Å²) in [5.74, 6) is 0.338. The normalized spacial score (nSPS) is 24.2. The molecule has 1 aromatic heterocycles. The molecule has 1 saturated heterocycles. The maximum absolute atomic E-state index is 12.1. The molecule has 100 valence electrons. The van der Waals surface area contributed by atoms with Gasteiger partial charge in [0.05, 0.1) is 5.01 Å². The van der Waals surface area contributed by atoms with Gasteiger partial charge in [0.1, 0.15) is 5.69 Å². The Labute approximate surface area is 112 Å². The Hall–Kier alpha value is -0.940. The molecule has 0 aliphatic carbocycles. The highest BCUT2D eigenvalue weighted by Gasteiger charge is 2.23. The average Bonchev–Trinajstić information content (AvgIpc) is 2.81. The minimum Gasteiger partial charge on any atom is -0.346 e. The summed E-state index contributed by atoms with van der Waals surface area (Å²) in [4.78, 5) is 16.5. The average molecular weight is 267 g/mol. The fourth-order valence-electron chi connectivity index (χ4n) is 2.14. The first kappa shape index (κ1) is 13.5. The van der Waals surface area contributed by atoms with E-state index >= 15 is 0 Å². The van der Waals surface area contributed by atoms with Crippen LogP contribution in [0.1, 0.15) is 55.0 Å². The lowest BCUT2D eigenvalue weighted by Crippen LogP contribution is -2.51. The first-order chi connectivity index (χ1) is 8.58. The van der Waals surface area contributed by atoms with Crippen molar-refractivity contribution in [3.05, 3.63) is 16.1 Å². The number of aromatic nitrogens is 1. The van der Waals surface area contributed by atoms with Crippen LogP contribution in [0.15, 0.2) is 5.38 Å². The molecule has 1 amide bonds. The molecule has 5 heteroatoms. The summed E-state index contributed by atoms with van der Waals surface area (Å²) in [6, 6.07) is 0.557. The van der Waals surface area contributed by atoms with Gasteiger partial charge >= 0.3 is 0 Å². The van der Waals surface area contributed by atoms with Crippen molar-refractivity contribution in [1.82, 2.24) is 15.6 Å². The summed E-state index contributed by atoms with van der Waals surface area (Å²) < 4.78 is 0. The highest BCUT2D eigenvalue weighted by Crippen LogP contribution is 2.19. The number of amides is 1. The third-order valence-corrected chi connectivity index (χ3v) is 4.47. The van der Waals surface area contributed by atoms with Crippen LogP contribution in [0.25, 0.3) is 0 Å². The number of thiazole rings is 1. The van der Waals surface area contributed by atoms with Gasteiger partial charge in [-0.15, -0.1) is 11.3 Å². The van der Waals surface area contributed by atoms with Gasteiger partial charge < -0.3 is 10.6 Å². The largest absolute Gasteiger partial charge is 0.346 e. The Morgan fingerprint density at radius 1 is 1.61 bits per heavy atom. The summed E-state index contributed by atoms with van der Waals surface area (Å²) in [5, 5.41) is 9.34. The van der Waals surface area contributed by atoms with Crippen LogP contribution in [-0.4, -0.2) is 29.5 Å². The zero-order chi connectivity index (χ0) is 13.1. The van der Waals surface area contributed by atoms with Crippen molar-refractivity contribution in [2.75, 3.05) is 6.54 Å². The number of nitrogens with zero attached hydrogens (tertiary/aromatic N) is 1. The molecule has 2 rings (SSSR count). The first-order valence-corrected chi connectivity index (χ1v) is 7.45. The fraction of sp³-hybridized carbons (Fsp3) is 0.692. The van der Waals surface area contributed by atoms with Crippen LogP contribution in [0.4, 0.5) is 0 Å². The van der Waals surface area contributed by atoms with Gasteiger partial charge in [0.2, 0.25) is 0 Å². The molecule has 1 fully saturated rings. The Kier molecular flexibility index (Phi) is 4.35. The third kappa shape index (κ3) is 3.09. The Morgan fingerprint density at radius 3 is 3.00 bits per heavy atom. The van der Waals surface area contributed by atoms with E-state index in [4.69, 9.17) is 0 Å². The minimum atomic E-state index is -0.0429. The Morgan fingerprint density at radius 2 is 2.39 bits per heavy atom. The van der Waals surface area contributed by atoms with Crippen LogP contribution in [0.3, 0.4) is 0 Å². The molecule has 0 radical (unpaired) electrons. The van der Waals surface area contributed by atoms with Crippen LogP contribution in [0.5, 0.6) is 0 Å². The van der Waals surface area contributed by atoms with E-state index in [0.29, 0.717) is 17.7 Å². The van der Waals surface area contributed by atoms with Gasteiger partial charge in [-0.2, -0.15) is 0 Å². The van der Waals surface area contributed by atoms with E-state index in [1.807, 2.05) is 5.38 Å². The standard InChI is InChI=1S/C13H21N3OS/c1-8(2)13-16-11(7-18-13)12(17)15-10-5-4-6-14-9(10)3/h7-10,14H,4-6H2,1-3H3,(H,15,17). The number of carbonyl (C=O) groups excluding carboxylic acids is 1. The predicted octanol–water partition coefficient (Wildman–Crippen LogP) is 2.14. The van der Waals surface area contributed by atoms with Crippen molar-refractivity contribution >= 4 is 17.2 Å². The van der Waals surface area contributed by atoms with Crippen LogP contribution >= 0.6 is 11.3 Å². The van der Waals surface area contributed by atoms with Gasteiger partial charge in [-0.3, -0.25) is 4.79 Å². The Balaban J connectivity index is 1.98. The lowest BCUT2D eigenvalue weighted by Gasteiger charge is -2.30. The minimum absolute atomic E-state index is 0.0429. The van der Waals surface area contributed by atoms with Gasteiger partial charge in [0.25, 0.3) is 5.91 Å². The first-order valence-electron chi connectivity index (χ1n) is 6.57. The highest BCUT2D eigenvalue weighted by atomic mass is 32.1. The lowest BCUT2D eigenvalue weighted by atomic mass is 10.00. The molecule has 0 aromatic carbocycles. The van der Waals surface area contributed by atoms with E-state index < -0.39 is 0 Å². The molecule has 0 spiro atoms. The molecule has 1 aliphatic rings. The van der Waals surface area contributed by atoms with Gasteiger partial charge in [0, 0.05) is 23.4 Å². The number of carbonyl (C=O) groups is 1. The molecule has 2 unspecified atom stereocenters. The summed E-state index contributed by atoms with van der Waals surface area (Å²) in [6.45, 7) is 7.34. The summed E-state index contributed by atoms with van der Waals surface area (Å²) in [7, 11) is 0. The number of hydrogen-bond acceptors (Lipinski definition) is 4. The maximum atomic E-state index is 12.1. The zero-order valence-electron chi connectivity index (χ0n) is 11.2. The number of hydrogen-bond donors (Lipinski definition) is 2. The van der Waals surface area contributed by atoms with E-state index in [2.05, 4.69) is 36.4 Å². The van der Waals surface area contributed by atoms with Gasteiger partial charge in [-0.25, -0.2) is 4.98 Å². The van der Waals surface area contributed by atoms with Crippen LogP contribution in [0, 0.1) is 0 Å². The third-order valence-electron chi connectivity index (χ3n) is 3.33. The summed E-state index contributed by atoms with van der Waals surface area (Å²) in [6.07, 6.45) is 2.16. The zero-order valence-corrected chi connectivity index (χ0v) is 12.0. The molecule has 2 heterocycles. The van der Waals surface area contributed by atoms with Gasteiger partial charge in [0.15, 0.2) is 0 Å². The van der Waals surface area contributed by atoms with Crippen molar-refractivity contribution in [1.29, 1.82) is 0 Å². The van der Waals surface area contributed by atoms with E-state index in [1.165, 1.54) is 0 Å². The molecule has 4 nitrogen and oxygen atoms in total. The molecule has 1 aliphatic heterocycles. The Bertz CT molecular complexity index is 416. The highest BCUT2D eigenvalue weighted by molar-refractivity contribution is 7.09. The summed E-state index contributed by atoms with van der Waals surface area (Å²) in [5.41, 5.74) is 0.557. The van der Waals surface area contributed by atoms with Crippen LogP contribution in [-0.2, 0) is 0 Å². The van der Waals surface area contributed by atoms with E-state index in [9.17, 15) is 4.79 Å². The number of piperidine rings is 1. The smallest absolute Gasteiger partial charge is 0.271 e. The van der Waals surface area contributed by atoms with Crippen molar-refractivity contribution < 1.29 is 4.79 Å². The predicted molar refractivity (Wildman–Crippen MR) is 74.2 cm³/mol. The van der Waals surface area contributed by atoms with Gasteiger partial charge in [-0.05, 0) is 26.3 Å². The summed E-state index contributed by atoms with van der Waals surface area (Å²) >= 11 is 1.56. The quantitative estimate of drug-likeness (QED) is 0.882. The van der Waals surface area contributed by atoms with E-state index in [0.717, 1.165) is 24.4 Å². The van der Waals surface area contributed by atoms with Gasteiger partial charge in [-0.1, -0.05) is 13.8 Å². The molecule has 2 N–H and O–H groups in total. The molecule has 18 heavy (non-hydrogen) atoms. The monoisotopic (exact) mass is 267 g/mol. The second kappa shape index (κ2) is 5.80. The van der Waals surface area contributed by atoms with Crippen LogP contribution < -0.4 is 10.6 Å². The van der Waals surface area contributed by atoms with Crippen molar-refractivity contribution in [2.45, 2.75) is 51.6 Å². The molecular formula is C13H21N3OS. The second-order valence-electron chi connectivity index (χ2n) is 5.19. The lowest BCUT2D eigenvalue weighted by molar-refractivity contribution is 0.0915.